The molecule has 0 radical (unpaired) electrons. The zero-order chi connectivity index (χ0) is 15.5. The number of rotatable bonds is 4. The Labute approximate surface area is 131 Å². The van der Waals surface area contributed by atoms with Crippen LogP contribution in [0.2, 0.25) is 0 Å². The number of aryl methyl sites for hydroxylation is 1. The molecule has 0 saturated carbocycles. The summed E-state index contributed by atoms with van der Waals surface area (Å²) < 4.78 is 0. The molecule has 0 unspecified atom stereocenters. The lowest BCUT2D eigenvalue weighted by molar-refractivity contribution is 0.0941. The van der Waals surface area contributed by atoms with Gasteiger partial charge in [0.15, 0.2) is 0 Å². The number of anilines is 1. The van der Waals surface area contributed by atoms with Crippen LogP contribution < -0.4 is 10.2 Å². The van der Waals surface area contributed by atoms with Gasteiger partial charge < -0.3 is 15.3 Å². The van der Waals surface area contributed by atoms with Crippen LogP contribution in [0.15, 0.2) is 30.4 Å². The predicted octanol–water partition coefficient (Wildman–Crippen LogP) is 2.26. The van der Waals surface area contributed by atoms with Gasteiger partial charge in [-0.25, -0.2) is 0 Å². The van der Waals surface area contributed by atoms with Gasteiger partial charge in [-0.15, -0.1) is 0 Å². The minimum absolute atomic E-state index is 0.0150. The number of nitrogens with zero attached hydrogens (tertiary/aromatic N) is 1. The van der Waals surface area contributed by atoms with Crippen molar-refractivity contribution in [2.75, 3.05) is 24.6 Å². The van der Waals surface area contributed by atoms with Gasteiger partial charge in [-0.2, -0.15) is 0 Å². The molecule has 3 rings (SSSR count). The fraction of sp³-hybridized carbons (Fsp3) is 0.500. The average molecular weight is 300 g/mol. The van der Waals surface area contributed by atoms with Gasteiger partial charge in [0.2, 0.25) is 0 Å². The Kier molecular flexibility index (Phi) is 4.48. The lowest BCUT2D eigenvalue weighted by Gasteiger charge is -2.22. The lowest BCUT2D eigenvalue weighted by Crippen LogP contribution is -2.34. The Morgan fingerprint density at radius 2 is 2.09 bits per heavy atom. The van der Waals surface area contributed by atoms with Gasteiger partial charge in [0, 0.05) is 37.3 Å². The SMILES string of the molecule is Cc1ccc(N2CCCC2)c(C(=O)N[C@@H]2C=C[C@H](CO)C2)c1. The molecule has 1 fully saturated rings. The first-order valence-corrected chi connectivity index (χ1v) is 8.13. The normalized spacial score (nSPS) is 24.0. The van der Waals surface area contributed by atoms with Crippen molar-refractivity contribution >= 4 is 11.6 Å². The molecule has 1 saturated heterocycles. The molecule has 2 aliphatic rings. The largest absolute Gasteiger partial charge is 0.396 e. The van der Waals surface area contributed by atoms with E-state index in [1.165, 1.54) is 12.8 Å². The first-order valence-electron chi connectivity index (χ1n) is 8.13. The summed E-state index contributed by atoms with van der Waals surface area (Å²) in [4.78, 5) is 15.0. The monoisotopic (exact) mass is 300 g/mol. The van der Waals surface area contributed by atoms with Crippen molar-refractivity contribution in [2.45, 2.75) is 32.2 Å². The minimum atomic E-state index is -0.0150. The topological polar surface area (TPSA) is 52.6 Å². The highest BCUT2D eigenvalue weighted by Crippen LogP contribution is 2.26. The molecule has 1 aliphatic heterocycles. The van der Waals surface area contributed by atoms with Crippen molar-refractivity contribution in [2.24, 2.45) is 5.92 Å². The zero-order valence-corrected chi connectivity index (χ0v) is 13.1. The third kappa shape index (κ3) is 3.17. The maximum absolute atomic E-state index is 12.7. The first-order chi connectivity index (χ1) is 10.7. The highest BCUT2D eigenvalue weighted by atomic mass is 16.3. The van der Waals surface area contributed by atoms with Crippen LogP contribution in [0.5, 0.6) is 0 Å². The van der Waals surface area contributed by atoms with E-state index in [0.29, 0.717) is 0 Å². The molecule has 1 aromatic carbocycles. The molecular formula is C18H24N2O2. The lowest BCUT2D eigenvalue weighted by atomic mass is 10.1. The number of aliphatic hydroxyl groups is 1. The van der Waals surface area contributed by atoms with E-state index < -0.39 is 0 Å². The van der Waals surface area contributed by atoms with E-state index >= 15 is 0 Å². The molecular weight excluding hydrogens is 276 g/mol. The molecule has 4 nitrogen and oxygen atoms in total. The summed E-state index contributed by atoms with van der Waals surface area (Å²) in [6.45, 7) is 4.21. The zero-order valence-electron chi connectivity index (χ0n) is 13.1. The summed E-state index contributed by atoms with van der Waals surface area (Å²) in [6.07, 6.45) is 7.15. The van der Waals surface area contributed by atoms with E-state index in [2.05, 4.69) is 22.3 Å². The van der Waals surface area contributed by atoms with Crippen LogP contribution in [-0.4, -0.2) is 36.8 Å². The van der Waals surface area contributed by atoms with E-state index in [-0.39, 0.29) is 24.5 Å². The molecule has 2 N–H and O–H groups in total. The fourth-order valence-electron chi connectivity index (χ4n) is 3.33. The summed E-state index contributed by atoms with van der Waals surface area (Å²) in [7, 11) is 0. The van der Waals surface area contributed by atoms with Gasteiger partial charge in [0.05, 0.1) is 5.56 Å². The highest BCUT2D eigenvalue weighted by Gasteiger charge is 2.23. The first kappa shape index (κ1) is 15.1. The second kappa shape index (κ2) is 6.53. The number of amides is 1. The van der Waals surface area contributed by atoms with E-state index in [1.807, 2.05) is 25.1 Å². The summed E-state index contributed by atoms with van der Waals surface area (Å²) in [5.74, 6) is 0.153. The standard InChI is InChI=1S/C18H24N2O2/c1-13-4-7-17(20-8-2-3-9-20)16(10-13)18(22)19-15-6-5-14(11-15)12-21/h4-7,10,14-15,21H,2-3,8-9,11-12H2,1H3,(H,19,22)/t14-,15+/m0/s1. The Balaban J connectivity index is 1.76. The molecule has 1 aromatic rings. The quantitative estimate of drug-likeness (QED) is 0.839. The Bertz CT molecular complexity index is 576. The van der Waals surface area contributed by atoms with Crippen LogP contribution in [0, 0.1) is 12.8 Å². The highest BCUT2D eigenvalue weighted by molar-refractivity contribution is 6.00. The van der Waals surface area contributed by atoms with Crippen molar-refractivity contribution < 1.29 is 9.90 Å². The van der Waals surface area contributed by atoms with Crippen LogP contribution in [0.25, 0.3) is 0 Å². The number of carbonyl (C=O) groups is 1. The molecule has 4 heteroatoms. The number of nitrogens with one attached hydrogen (secondary N) is 1. The molecule has 1 heterocycles. The molecule has 1 aliphatic carbocycles. The summed E-state index contributed by atoms with van der Waals surface area (Å²) in [5.41, 5.74) is 2.91. The van der Waals surface area contributed by atoms with Gasteiger partial charge in [-0.1, -0.05) is 23.8 Å². The maximum Gasteiger partial charge on any atom is 0.253 e. The van der Waals surface area contributed by atoms with Crippen molar-refractivity contribution in [1.82, 2.24) is 5.32 Å². The van der Waals surface area contributed by atoms with Gasteiger partial charge in [0.1, 0.15) is 0 Å². The predicted molar refractivity (Wildman–Crippen MR) is 88.2 cm³/mol. The van der Waals surface area contributed by atoms with Crippen LogP contribution in [-0.2, 0) is 0 Å². The van der Waals surface area contributed by atoms with Gasteiger partial charge >= 0.3 is 0 Å². The van der Waals surface area contributed by atoms with Crippen molar-refractivity contribution in [3.63, 3.8) is 0 Å². The number of hydrogen-bond donors (Lipinski definition) is 2. The molecule has 0 bridgehead atoms. The Morgan fingerprint density at radius 3 is 2.77 bits per heavy atom. The second-order valence-electron chi connectivity index (χ2n) is 6.36. The van der Waals surface area contributed by atoms with E-state index in [9.17, 15) is 9.90 Å². The second-order valence-corrected chi connectivity index (χ2v) is 6.36. The molecule has 1 amide bonds. The van der Waals surface area contributed by atoms with E-state index in [0.717, 1.165) is 36.3 Å². The van der Waals surface area contributed by atoms with Crippen LogP contribution >= 0.6 is 0 Å². The third-order valence-electron chi connectivity index (χ3n) is 4.57. The molecule has 118 valence electrons. The van der Waals surface area contributed by atoms with Crippen molar-refractivity contribution in [1.29, 1.82) is 0 Å². The van der Waals surface area contributed by atoms with Crippen LogP contribution in [0.1, 0.15) is 35.2 Å². The third-order valence-corrected chi connectivity index (χ3v) is 4.57. The Morgan fingerprint density at radius 1 is 1.32 bits per heavy atom. The Hall–Kier alpha value is -1.81. The number of aliphatic hydroxyl groups excluding tert-OH is 1. The molecule has 2 atom stereocenters. The van der Waals surface area contributed by atoms with Crippen LogP contribution in [0.4, 0.5) is 5.69 Å². The number of carbonyl (C=O) groups excluding carboxylic acids is 1. The average Bonchev–Trinajstić information content (AvgIpc) is 3.18. The summed E-state index contributed by atoms with van der Waals surface area (Å²) in [5, 5.41) is 12.3. The maximum atomic E-state index is 12.7. The van der Waals surface area contributed by atoms with E-state index in [1.54, 1.807) is 0 Å². The van der Waals surface area contributed by atoms with Crippen LogP contribution in [0.3, 0.4) is 0 Å². The number of hydrogen-bond acceptors (Lipinski definition) is 3. The fourth-order valence-corrected chi connectivity index (χ4v) is 3.33. The molecule has 22 heavy (non-hydrogen) atoms. The number of benzene rings is 1. The summed E-state index contributed by atoms with van der Waals surface area (Å²) in [6, 6.07) is 6.14. The molecule has 0 spiro atoms. The van der Waals surface area contributed by atoms with Crippen molar-refractivity contribution in [3.05, 3.63) is 41.5 Å². The smallest absolute Gasteiger partial charge is 0.253 e. The van der Waals surface area contributed by atoms with Crippen molar-refractivity contribution in [3.8, 4) is 0 Å². The summed E-state index contributed by atoms with van der Waals surface area (Å²) >= 11 is 0. The molecule has 0 aromatic heterocycles. The van der Waals surface area contributed by atoms with E-state index in [4.69, 9.17) is 0 Å². The van der Waals surface area contributed by atoms with Gasteiger partial charge in [0.25, 0.3) is 5.91 Å². The van der Waals surface area contributed by atoms with Gasteiger partial charge in [-0.05, 0) is 38.3 Å². The minimum Gasteiger partial charge on any atom is -0.396 e. The van der Waals surface area contributed by atoms with Gasteiger partial charge in [-0.3, -0.25) is 4.79 Å².